The maximum absolute atomic E-state index is 13.8. The van der Waals surface area contributed by atoms with Gasteiger partial charge in [-0.1, -0.05) is 18.2 Å². The first-order chi connectivity index (χ1) is 17.6. The number of carbonyl (C=O) groups is 2. The van der Waals surface area contributed by atoms with Crippen molar-refractivity contribution in [3.63, 3.8) is 0 Å². The predicted molar refractivity (Wildman–Crippen MR) is 137 cm³/mol. The average Bonchev–Trinajstić information content (AvgIpc) is 3.49. The van der Waals surface area contributed by atoms with Crippen LogP contribution in [0.3, 0.4) is 0 Å². The van der Waals surface area contributed by atoms with Crippen LogP contribution in [0.4, 0.5) is 15.9 Å². The molecule has 3 aromatic rings. The monoisotopic (exact) mass is 522 g/mol. The molecule has 0 radical (unpaired) electrons. The third-order valence-electron chi connectivity index (χ3n) is 6.94. The average molecular weight is 523 g/mol. The van der Waals surface area contributed by atoms with Crippen molar-refractivity contribution in [3.05, 3.63) is 83.3 Å². The van der Waals surface area contributed by atoms with E-state index in [4.69, 9.17) is 0 Å². The number of halogens is 1. The molecule has 2 amide bonds. The Kier molecular flexibility index (Phi) is 6.45. The third kappa shape index (κ3) is 4.93. The van der Waals surface area contributed by atoms with E-state index in [9.17, 15) is 22.4 Å². The lowest BCUT2D eigenvalue weighted by atomic mass is 10.0. The smallest absolute Gasteiger partial charge is 0.251 e. The topological polar surface area (TPSA) is 99.7 Å². The molecule has 0 aliphatic carbocycles. The van der Waals surface area contributed by atoms with E-state index < -0.39 is 21.8 Å². The Labute approximate surface area is 215 Å². The number of rotatable bonds is 5. The third-order valence-corrected chi connectivity index (χ3v) is 8.05. The normalized spacial score (nSPS) is 19.1. The van der Waals surface area contributed by atoms with E-state index in [0.29, 0.717) is 16.8 Å². The number of benzene rings is 2. The van der Waals surface area contributed by atoms with Crippen LogP contribution >= 0.6 is 0 Å². The molecule has 1 fully saturated rings. The summed E-state index contributed by atoms with van der Waals surface area (Å²) in [5.41, 5.74) is 2.60. The molecule has 3 heterocycles. The molecule has 2 aliphatic rings. The van der Waals surface area contributed by atoms with Gasteiger partial charge in [-0.3, -0.25) is 9.59 Å². The molecular weight excluding hydrogens is 495 g/mol. The van der Waals surface area contributed by atoms with E-state index in [1.807, 2.05) is 12.1 Å². The van der Waals surface area contributed by atoms with Crippen LogP contribution in [0.2, 0.25) is 0 Å². The molecule has 2 aliphatic heterocycles. The number of amides is 2. The lowest BCUT2D eigenvalue weighted by Crippen LogP contribution is -2.35. The van der Waals surface area contributed by atoms with Crippen molar-refractivity contribution < 1.29 is 22.4 Å². The molecule has 192 valence electrons. The molecule has 5 rings (SSSR count). The van der Waals surface area contributed by atoms with Crippen LogP contribution in [-0.2, 0) is 26.0 Å². The summed E-state index contributed by atoms with van der Waals surface area (Å²) < 4.78 is 37.7. The first kappa shape index (κ1) is 24.9. The van der Waals surface area contributed by atoms with Gasteiger partial charge in [-0.25, -0.2) is 17.8 Å². The van der Waals surface area contributed by atoms with Gasteiger partial charge in [-0.05, 0) is 65.9 Å². The number of aromatic nitrogens is 1. The Morgan fingerprint density at radius 3 is 2.59 bits per heavy atom. The Bertz CT molecular complexity index is 1480. The molecule has 37 heavy (non-hydrogen) atoms. The number of fused-ring (bicyclic) bond motifs is 1. The maximum atomic E-state index is 13.8. The minimum atomic E-state index is -3.42. The molecule has 2 atom stereocenters. The van der Waals surface area contributed by atoms with Gasteiger partial charge in [-0.2, -0.15) is 0 Å². The Morgan fingerprint density at radius 2 is 1.92 bits per heavy atom. The Balaban J connectivity index is 1.35. The number of nitrogens with zero attached hydrogens (tertiary/aromatic N) is 3. The van der Waals surface area contributed by atoms with Crippen LogP contribution in [0.25, 0.3) is 0 Å². The van der Waals surface area contributed by atoms with E-state index in [-0.39, 0.29) is 29.2 Å². The largest absolute Gasteiger partial charge is 0.350 e. The number of nitrogens with one attached hydrogen (secondary N) is 1. The molecule has 1 aromatic heterocycles. The van der Waals surface area contributed by atoms with Crippen molar-refractivity contribution in [2.45, 2.75) is 43.3 Å². The zero-order chi connectivity index (χ0) is 26.3. The minimum Gasteiger partial charge on any atom is -0.350 e. The van der Waals surface area contributed by atoms with Gasteiger partial charge in [0.15, 0.2) is 9.84 Å². The highest BCUT2D eigenvalue weighted by Gasteiger charge is 2.38. The lowest BCUT2D eigenvalue weighted by Gasteiger charge is -2.26. The zero-order valence-electron chi connectivity index (χ0n) is 20.5. The van der Waals surface area contributed by atoms with Crippen LogP contribution in [-0.4, -0.2) is 42.9 Å². The first-order valence-electron chi connectivity index (χ1n) is 12.0. The summed E-state index contributed by atoms with van der Waals surface area (Å²) in [6.07, 6.45) is 4.54. The second kappa shape index (κ2) is 9.59. The highest BCUT2D eigenvalue weighted by Crippen LogP contribution is 2.37. The molecule has 0 saturated carbocycles. The van der Waals surface area contributed by atoms with Gasteiger partial charge in [0.2, 0.25) is 5.91 Å². The number of hydrogen-bond acceptors (Lipinski definition) is 6. The lowest BCUT2D eigenvalue weighted by molar-refractivity contribution is -0.136. The summed E-state index contributed by atoms with van der Waals surface area (Å²) in [6, 6.07) is 13.9. The standard InChI is InChI=1S/C27H27FN4O4S/c1-17(33)32-16-19-14-22(37(2,35)36)9-10-23(19)26(32)27(34)30-21-8-11-25(29-15-21)31-12-4-7-24(31)18-5-3-6-20(28)13-18/h3,5-6,8-11,13-15,24,26H,4,7,12,16H2,1-2H3,(H,30,34)/t24?,26-/m1/s1. The van der Waals surface area contributed by atoms with Crippen LogP contribution < -0.4 is 10.2 Å². The Hall–Kier alpha value is -3.79. The van der Waals surface area contributed by atoms with Crippen LogP contribution in [0, 0.1) is 5.82 Å². The summed E-state index contributed by atoms with van der Waals surface area (Å²) in [6.45, 7) is 2.33. The summed E-state index contributed by atoms with van der Waals surface area (Å²) in [7, 11) is -3.42. The number of anilines is 2. The molecule has 10 heteroatoms. The summed E-state index contributed by atoms with van der Waals surface area (Å²) in [5, 5.41) is 2.84. The van der Waals surface area contributed by atoms with Gasteiger partial charge >= 0.3 is 0 Å². The summed E-state index contributed by atoms with van der Waals surface area (Å²) in [4.78, 5) is 33.8. The van der Waals surface area contributed by atoms with E-state index in [1.165, 1.54) is 30.0 Å². The highest BCUT2D eigenvalue weighted by molar-refractivity contribution is 7.90. The fraction of sp³-hybridized carbons (Fsp3) is 0.296. The van der Waals surface area contributed by atoms with E-state index in [1.54, 1.807) is 30.5 Å². The van der Waals surface area contributed by atoms with Crippen molar-refractivity contribution in [2.75, 3.05) is 23.0 Å². The van der Waals surface area contributed by atoms with Crippen LogP contribution in [0.5, 0.6) is 0 Å². The maximum Gasteiger partial charge on any atom is 0.251 e. The fourth-order valence-electron chi connectivity index (χ4n) is 5.18. The fourth-order valence-corrected chi connectivity index (χ4v) is 5.85. The Morgan fingerprint density at radius 1 is 1.11 bits per heavy atom. The van der Waals surface area contributed by atoms with Gasteiger partial charge in [-0.15, -0.1) is 0 Å². The van der Waals surface area contributed by atoms with E-state index >= 15 is 0 Å². The van der Waals surface area contributed by atoms with Gasteiger partial charge in [0.25, 0.3) is 5.91 Å². The minimum absolute atomic E-state index is 0.0274. The second-order valence-corrected chi connectivity index (χ2v) is 11.5. The number of carbonyl (C=O) groups excluding carboxylic acids is 2. The zero-order valence-corrected chi connectivity index (χ0v) is 21.3. The van der Waals surface area contributed by atoms with Crippen molar-refractivity contribution in [1.29, 1.82) is 0 Å². The molecule has 1 unspecified atom stereocenters. The molecule has 0 spiro atoms. The van der Waals surface area contributed by atoms with Crippen molar-refractivity contribution in [1.82, 2.24) is 9.88 Å². The van der Waals surface area contributed by atoms with Crippen LogP contribution in [0.1, 0.15) is 48.5 Å². The quantitative estimate of drug-likeness (QED) is 0.544. The van der Waals surface area contributed by atoms with Gasteiger partial charge < -0.3 is 15.1 Å². The van der Waals surface area contributed by atoms with Crippen molar-refractivity contribution >= 4 is 33.2 Å². The van der Waals surface area contributed by atoms with E-state index in [0.717, 1.165) is 37.0 Å². The molecule has 1 saturated heterocycles. The molecular formula is C27H27FN4O4S. The van der Waals surface area contributed by atoms with Gasteiger partial charge in [0, 0.05) is 26.3 Å². The predicted octanol–water partition coefficient (Wildman–Crippen LogP) is 4.01. The van der Waals surface area contributed by atoms with E-state index in [2.05, 4.69) is 15.2 Å². The van der Waals surface area contributed by atoms with Crippen molar-refractivity contribution in [3.8, 4) is 0 Å². The number of hydrogen-bond donors (Lipinski definition) is 1. The van der Waals surface area contributed by atoms with Crippen molar-refractivity contribution in [2.24, 2.45) is 0 Å². The highest BCUT2D eigenvalue weighted by atomic mass is 32.2. The number of pyridine rings is 1. The first-order valence-corrected chi connectivity index (χ1v) is 13.9. The van der Waals surface area contributed by atoms with Crippen LogP contribution in [0.15, 0.2) is 65.7 Å². The molecule has 8 nitrogen and oxygen atoms in total. The summed E-state index contributed by atoms with van der Waals surface area (Å²) in [5.74, 6) is -0.233. The second-order valence-electron chi connectivity index (χ2n) is 9.48. The summed E-state index contributed by atoms with van der Waals surface area (Å²) >= 11 is 0. The van der Waals surface area contributed by atoms with Gasteiger partial charge in [0.1, 0.15) is 17.7 Å². The SMILES string of the molecule is CC(=O)N1Cc2cc(S(C)(=O)=O)ccc2[C@@H]1C(=O)Nc1ccc(N2CCCC2c2cccc(F)c2)nc1. The molecule has 1 N–H and O–H groups in total. The molecule has 2 aromatic carbocycles. The number of sulfone groups is 1. The van der Waals surface area contributed by atoms with Gasteiger partial charge in [0.05, 0.1) is 22.8 Å². The molecule has 0 bridgehead atoms.